The number of hydrogen-bond acceptors (Lipinski definition) is 4. The Balaban J connectivity index is 1.72. The van der Waals surface area contributed by atoms with E-state index >= 15 is 0 Å². The van der Waals surface area contributed by atoms with Crippen LogP contribution in [0.4, 0.5) is 0 Å². The molecule has 1 aromatic heterocycles. The maximum atomic E-state index is 5.71. The van der Waals surface area contributed by atoms with Gasteiger partial charge >= 0.3 is 0 Å². The van der Waals surface area contributed by atoms with Crippen LogP contribution in [0.25, 0.3) is 0 Å². The van der Waals surface area contributed by atoms with E-state index in [1.54, 1.807) is 11.3 Å². The molecule has 0 saturated carbocycles. The average molecular weight is 275 g/mol. The van der Waals surface area contributed by atoms with Crippen LogP contribution in [0.2, 0.25) is 0 Å². The van der Waals surface area contributed by atoms with Crippen molar-refractivity contribution < 1.29 is 4.74 Å². The number of aromatic nitrogens is 2. The summed E-state index contributed by atoms with van der Waals surface area (Å²) in [4.78, 5) is 0. The van der Waals surface area contributed by atoms with Gasteiger partial charge in [-0.05, 0) is 32.1 Å². The number of rotatable bonds is 6. The Morgan fingerprint density at radius 3 is 2.76 bits per heavy atom. The second-order valence-electron chi connectivity index (χ2n) is 4.41. The Morgan fingerprint density at radius 2 is 2.06 bits per heavy atom. The number of alkyl halides is 1. The first kappa shape index (κ1) is 13.2. The lowest BCUT2D eigenvalue weighted by atomic mass is 10.1. The standard InChI is InChI=1S/C12H19ClN2OS/c13-8-3-5-11-14-15-12(17-11)7-6-10-4-1-2-9-16-10/h10H,1-9H2. The molecular formula is C12H19ClN2OS. The number of aryl methyl sites for hydroxylation is 2. The molecule has 0 aliphatic carbocycles. The van der Waals surface area contributed by atoms with Gasteiger partial charge in [0.05, 0.1) is 6.10 Å². The highest BCUT2D eigenvalue weighted by Crippen LogP contribution is 2.19. The molecule has 1 saturated heterocycles. The van der Waals surface area contributed by atoms with Crippen LogP contribution in [0, 0.1) is 0 Å². The van der Waals surface area contributed by atoms with E-state index in [2.05, 4.69) is 10.2 Å². The van der Waals surface area contributed by atoms with Crippen LogP contribution < -0.4 is 0 Å². The maximum absolute atomic E-state index is 5.71. The Hall–Kier alpha value is -0.190. The van der Waals surface area contributed by atoms with Gasteiger partial charge in [-0.3, -0.25) is 0 Å². The third-order valence-electron chi connectivity index (χ3n) is 2.99. The molecule has 1 unspecified atom stereocenters. The van der Waals surface area contributed by atoms with Crippen LogP contribution in [0.3, 0.4) is 0 Å². The molecule has 0 spiro atoms. The minimum absolute atomic E-state index is 0.443. The SMILES string of the molecule is ClCCCc1nnc(CCC2CCCCO2)s1. The molecule has 17 heavy (non-hydrogen) atoms. The molecule has 1 aromatic rings. The van der Waals surface area contributed by atoms with Crippen molar-refractivity contribution in [3.05, 3.63) is 10.0 Å². The number of hydrogen-bond donors (Lipinski definition) is 0. The van der Waals surface area contributed by atoms with E-state index in [4.69, 9.17) is 16.3 Å². The topological polar surface area (TPSA) is 35.0 Å². The molecule has 3 nitrogen and oxygen atoms in total. The smallest absolute Gasteiger partial charge is 0.117 e. The Kier molecular flexibility index (Phi) is 5.68. The monoisotopic (exact) mass is 274 g/mol. The molecule has 5 heteroatoms. The fourth-order valence-corrected chi connectivity index (χ4v) is 3.06. The fraction of sp³-hybridized carbons (Fsp3) is 0.833. The molecular weight excluding hydrogens is 256 g/mol. The Morgan fingerprint density at radius 1 is 1.24 bits per heavy atom. The van der Waals surface area contributed by atoms with Crippen LogP contribution in [0.1, 0.15) is 42.1 Å². The second kappa shape index (κ2) is 7.29. The van der Waals surface area contributed by atoms with Crippen molar-refractivity contribution in [2.24, 2.45) is 0 Å². The second-order valence-corrected chi connectivity index (χ2v) is 5.93. The maximum Gasteiger partial charge on any atom is 0.117 e. The first-order valence-corrected chi connectivity index (χ1v) is 7.72. The van der Waals surface area contributed by atoms with E-state index in [-0.39, 0.29) is 0 Å². The van der Waals surface area contributed by atoms with Crippen LogP contribution in [0.5, 0.6) is 0 Å². The lowest BCUT2D eigenvalue weighted by Gasteiger charge is -2.21. The number of halogens is 1. The van der Waals surface area contributed by atoms with Gasteiger partial charge in [0.15, 0.2) is 0 Å². The highest BCUT2D eigenvalue weighted by Gasteiger charge is 2.14. The first-order chi connectivity index (χ1) is 8.38. The first-order valence-electron chi connectivity index (χ1n) is 6.37. The van der Waals surface area contributed by atoms with Crippen molar-refractivity contribution in [3.63, 3.8) is 0 Å². The quantitative estimate of drug-likeness (QED) is 0.747. The Labute approximate surface area is 112 Å². The number of ether oxygens (including phenoxy) is 1. The number of nitrogens with zero attached hydrogens (tertiary/aromatic N) is 2. The minimum Gasteiger partial charge on any atom is -0.378 e. The largest absolute Gasteiger partial charge is 0.378 e. The summed E-state index contributed by atoms with van der Waals surface area (Å²) in [7, 11) is 0. The fourth-order valence-electron chi connectivity index (χ4n) is 2.03. The zero-order chi connectivity index (χ0) is 11.9. The summed E-state index contributed by atoms with van der Waals surface area (Å²) in [6, 6.07) is 0. The van der Waals surface area contributed by atoms with Gasteiger partial charge in [0, 0.05) is 25.3 Å². The average Bonchev–Trinajstić information content (AvgIpc) is 2.83. The summed E-state index contributed by atoms with van der Waals surface area (Å²) in [5.41, 5.74) is 0. The van der Waals surface area contributed by atoms with Crippen molar-refractivity contribution in [1.29, 1.82) is 0 Å². The highest BCUT2D eigenvalue weighted by molar-refractivity contribution is 7.11. The summed E-state index contributed by atoms with van der Waals surface area (Å²) in [6.07, 6.45) is 8.22. The van der Waals surface area contributed by atoms with Gasteiger partial charge in [0.2, 0.25) is 0 Å². The van der Waals surface area contributed by atoms with Crippen LogP contribution in [0.15, 0.2) is 0 Å². The van der Waals surface area contributed by atoms with Gasteiger partial charge < -0.3 is 4.74 Å². The summed E-state index contributed by atoms with van der Waals surface area (Å²) in [5, 5.41) is 10.7. The van der Waals surface area contributed by atoms with E-state index in [1.807, 2.05) is 0 Å². The lowest BCUT2D eigenvalue weighted by Crippen LogP contribution is -2.19. The summed E-state index contributed by atoms with van der Waals surface area (Å²) in [5.74, 6) is 0.699. The summed E-state index contributed by atoms with van der Waals surface area (Å²) < 4.78 is 5.71. The predicted octanol–water partition coefficient (Wildman–Crippen LogP) is 3.21. The van der Waals surface area contributed by atoms with Crippen LogP contribution >= 0.6 is 22.9 Å². The molecule has 2 rings (SSSR count). The van der Waals surface area contributed by atoms with E-state index < -0.39 is 0 Å². The molecule has 1 atom stereocenters. The molecule has 2 heterocycles. The van der Waals surface area contributed by atoms with E-state index in [0.29, 0.717) is 12.0 Å². The van der Waals surface area contributed by atoms with Gasteiger partial charge in [-0.15, -0.1) is 33.1 Å². The highest BCUT2D eigenvalue weighted by atomic mass is 35.5. The van der Waals surface area contributed by atoms with Crippen molar-refractivity contribution >= 4 is 22.9 Å². The predicted molar refractivity (Wildman–Crippen MR) is 70.9 cm³/mol. The summed E-state index contributed by atoms with van der Waals surface area (Å²) >= 11 is 7.39. The molecule has 0 N–H and O–H groups in total. The third-order valence-corrected chi connectivity index (χ3v) is 4.30. The molecule has 1 fully saturated rings. The van der Waals surface area contributed by atoms with Crippen molar-refractivity contribution in [1.82, 2.24) is 10.2 Å². The molecule has 1 aliphatic rings. The van der Waals surface area contributed by atoms with Crippen LogP contribution in [-0.4, -0.2) is 28.8 Å². The molecule has 0 amide bonds. The zero-order valence-electron chi connectivity index (χ0n) is 10.0. The van der Waals surface area contributed by atoms with Gasteiger partial charge in [-0.1, -0.05) is 0 Å². The molecule has 0 bridgehead atoms. The van der Waals surface area contributed by atoms with E-state index in [1.165, 1.54) is 19.3 Å². The van der Waals surface area contributed by atoms with Gasteiger partial charge in [0.1, 0.15) is 10.0 Å². The lowest BCUT2D eigenvalue weighted by molar-refractivity contribution is 0.0115. The van der Waals surface area contributed by atoms with E-state index in [0.717, 1.165) is 42.3 Å². The molecule has 1 aliphatic heterocycles. The normalized spacial score (nSPS) is 20.6. The van der Waals surface area contributed by atoms with Crippen molar-refractivity contribution in [3.8, 4) is 0 Å². The molecule has 0 aromatic carbocycles. The van der Waals surface area contributed by atoms with Gasteiger partial charge in [-0.25, -0.2) is 0 Å². The van der Waals surface area contributed by atoms with Crippen LogP contribution in [-0.2, 0) is 17.6 Å². The van der Waals surface area contributed by atoms with Gasteiger partial charge in [-0.2, -0.15) is 0 Å². The van der Waals surface area contributed by atoms with E-state index in [9.17, 15) is 0 Å². The van der Waals surface area contributed by atoms with Crippen molar-refractivity contribution in [2.75, 3.05) is 12.5 Å². The third kappa shape index (κ3) is 4.53. The minimum atomic E-state index is 0.443. The Bertz CT molecular complexity index is 326. The van der Waals surface area contributed by atoms with Gasteiger partial charge in [0.25, 0.3) is 0 Å². The van der Waals surface area contributed by atoms with Crippen molar-refractivity contribution in [2.45, 2.75) is 51.0 Å². The zero-order valence-corrected chi connectivity index (χ0v) is 11.6. The summed E-state index contributed by atoms with van der Waals surface area (Å²) in [6.45, 7) is 0.932. The molecule has 0 radical (unpaired) electrons. The molecule has 96 valence electrons.